The lowest BCUT2D eigenvalue weighted by Gasteiger charge is -1.90. The second kappa shape index (κ2) is 9.47. The first-order valence-corrected chi connectivity index (χ1v) is 4.58. The normalized spacial score (nSPS) is 20.5. The summed E-state index contributed by atoms with van der Waals surface area (Å²) in [6.45, 7) is 10.8. The summed E-state index contributed by atoms with van der Waals surface area (Å²) >= 11 is 0. The summed E-state index contributed by atoms with van der Waals surface area (Å²) in [6.07, 6.45) is 1.01. The van der Waals surface area contributed by atoms with Gasteiger partial charge in [0.25, 0.3) is 0 Å². The number of amides is 1. The molecule has 0 aromatic rings. The van der Waals surface area contributed by atoms with Crippen LogP contribution < -0.4 is 5.32 Å². The van der Waals surface area contributed by atoms with Crippen molar-refractivity contribution >= 4 is 5.91 Å². The van der Waals surface area contributed by atoms with Crippen molar-refractivity contribution in [3.63, 3.8) is 0 Å². The van der Waals surface area contributed by atoms with E-state index in [2.05, 4.69) is 5.32 Å². The summed E-state index contributed by atoms with van der Waals surface area (Å²) < 4.78 is 0. The summed E-state index contributed by atoms with van der Waals surface area (Å²) in [6, 6.07) is 0. The fourth-order valence-corrected chi connectivity index (χ4v) is 0.717. The van der Waals surface area contributed by atoms with Crippen LogP contribution >= 0.6 is 0 Å². The Hall–Kier alpha value is -0.530. The highest BCUT2D eigenvalue weighted by Crippen LogP contribution is 2.05. The van der Waals surface area contributed by atoms with Crippen LogP contribution in [0.25, 0.3) is 0 Å². The molecule has 0 radical (unpaired) electrons. The summed E-state index contributed by atoms with van der Waals surface area (Å²) in [7, 11) is 0. The molecule has 1 aliphatic heterocycles. The van der Waals surface area contributed by atoms with Gasteiger partial charge in [-0.1, -0.05) is 34.6 Å². The molecule has 1 unspecified atom stereocenters. The molecule has 1 fully saturated rings. The molecule has 0 aromatic carbocycles. The van der Waals surface area contributed by atoms with E-state index in [1.165, 1.54) is 0 Å². The zero-order valence-electron chi connectivity index (χ0n) is 8.40. The first kappa shape index (κ1) is 13.1. The molecular formula is C9H21NO. The number of nitrogens with one attached hydrogen (secondary N) is 1. The fraction of sp³-hybridized carbons (Fsp3) is 0.889. The van der Waals surface area contributed by atoms with Gasteiger partial charge in [-0.25, -0.2) is 0 Å². The molecule has 68 valence electrons. The van der Waals surface area contributed by atoms with Gasteiger partial charge in [-0.15, -0.1) is 0 Å². The molecule has 2 nitrogen and oxygen atoms in total. The molecule has 0 aliphatic carbocycles. The molecule has 0 bridgehead atoms. The summed E-state index contributed by atoms with van der Waals surface area (Å²) in [4.78, 5) is 10.5. The summed E-state index contributed by atoms with van der Waals surface area (Å²) in [5.74, 6) is 0.472. The molecule has 0 saturated carbocycles. The third-order valence-corrected chi connectivity index (χ3v) is 1.32. The smallest absolute Gasteiger partial charge is 0.222 e. The van der Waals surface area contributed by atoms with E-state index in [0.717, 1.165) is 13.0 Å². The molecule has 1 aliphatic rings. The van der Waals surface area contributed by atoms with Crippen molar-refractivity contribution in [2.24, 2.45) is 5.92 Å². The van der Waals surface area contributed by atoms with Crippen molar-refractivity contribution in [2.75, 3.05) is 6.54 Å². The summed E-state index contributed by atoms with van der Waals surface area (Å²) in [5.41, 5.74) is 0. The number of carbonyl (C=O) groups excluding carboxylic acids is 1. The van der Waals surface area contributed by atoms with Gasteiger partial charge >= 0.3 is 0 Å². The van der Waals surface area contributed by atoms with Gasteiger partial charge in [-0.3, -0.25) is 4.79 Å². The Morgan fingerprint density at radius 1 is 1.27 bits per heavy atom. The first-order valence-electron chi connectivity index (χ1n) is 4.58. The molecule has 1 atom stereocenters. The Bertz CT molecular complexity index is 91.6. The minimum Gasteiger partial charge on any atom is -0.356 e. The van der Waals surface area contributed by atoms with E-state index in [-0.39, 0.29) is 11.8 Å². The van der Waals surface area contributed by atoms with Gasteiger partial charge in [0.15, 0.2) is 0 Å². The highest BCUT2D eigenvalue weighted by atomic mass is 16.2. The third kappa shape index (κ3) is 5.89. The lowest BCUT2D eigenvalue weighted by Crippen LogP contribution is -2.16. The van der Waals surface area contributed by atoms with Crippen LogP contribution in [0.3, 0.4) is 0 Å². The van der Waals surface area contributed by atoms with Gasteiger partial charge < -0.3 is 5.32 Å². The van der Waals surface area contributed by atoms with Crippen LogP contribution in [-0.2, 0) is 4.79 Å². The molecular weight excluding hydrogens is 138 g/mol. The standard InChI is InChI=1S/C5H9NO.2C2H6/c1-4-2-3-6-5(4)7;2*1-2/h4H,2-3H2,1H3,(H,6,7);2*1-2H3. The van der Waals surface area contributed by atoms with Gasteiger partial charge in [0.05, 0.1) is 0 Å². The van der Waals surface area contributed by atoms with Crippen molar-refractivity contribution in [3.8, 4) is 0 Å². The Balaban J connectivity index is 0. The topological polar surface area (TPSA) is 29.1 Å². The first-order chi connectivity index (χ1) is 5.30. The van der Waals surface area contributed by atoms with E-state index in [9.17, 15) is 4.79 Å². The predicted octanol–water partition coefficient (Wildman–Crippen LogP) is 2.19. The van der Waals surface area contributed by atoms with Crippen LogP contribution in [0.1, 0.15) is 41.0 Å². The van der Waals surface area contributed by atoms with Gasteiger partial charge in [-0.2, -0.15) is 0 Å². The molecule has 0 aromatic heterocycles. The van der Waals surface area contributed by atoms with E-state index in [1.54, 1.807) is 0 Å². The van der Waals surface area contributed by atoms with Gasteiger partial charge in [0.2, 0.25) is 5.91 Å². The zero-order valence-corrected chi connectivity index (χ0v) is 8.40. The summed E-state index contributed by atoms with van der Waals surface area (Å²) in [5, 5.41) is 2.73. The Morgan fingerprint density at radius 3 is 1.82 bits per heavy atom. The molecule has 1 heterocycles. The second-order valence-corrected chi connectivity index (χ2v) is 1.98. The van der Waals surface area contributed by atoms with Crippen LogP contribution in [0.4, 0.5) is 0 Å². The molecule has 0 spiro atoms. The maximum atomic E-state index is 10.5. The lowest BCUT2D eigenvalue weighted by molar-refractivity contribution is -0.121. The molecule has 1 rings (SSSR count). The zero-order chi connectivity index (χ0) is 9.28. The maximum Gasteiger partial charge on any atom is 0.222 e. The van der Waals surface area contributed by atoms with Gasteiger partial charge in [0, 0.05) is 12.5 Å². The number of carbonyl (C=O) groups is 1. The van der Waals surface area contributed by atoms with E-state index in [4.69, 9.17) is 0 Å². The highest BCUT2D eigenvalue weighted by Gasteiger charge is 2.17. The van der Waals surface area contributed by atoms with E-state index in [0.29, 0.717) is 0 Å². The third-order valence-electron chi connectivity index (χ3n) is 1.32. The van der Waals surface area contributed by atoms with Crippen LogP contribution in [0.5, 0.6) is 0 Å². The average molecular weight is 159 g/mol. The predicted molar refractivity (Wildman–Crippen MR) is 49.5 cm³/mol. The Kier molecular flexibility index (Phi) is 11.3. The number of rotatable bonds is 0. The van der Waals surface area contributed by atoms with Crippen LogP contribution in [0, 0.1) is 5.92 Å². The SMILES string of the molecule is CC.CC.CC1CCNC1=O. The monoisotopic (exact) mass is 159 g/mol. The number of hydrogen-bond donors (Lipinski definition) is 1. The van der Waals surface area contributed by atoms with E-state index < -0.39 is 0 Å². The molecule has 11 heavy (non-hydrogen) atoms. The Labute approximate surface area is 70.4 Å². The van der Waals surface area contributed by atoms with Crippen molar-refractivity contribution in [2.45, 2.75) is 41.0 Å². The van der Waals surface area contributed by atoms with Gasteiger partial charge in [-0.05, 0) is 6.42 Å². The average Bonchev–Trinajstić information content (AvgIpc) is 2.44. The quantitative estimate of drug-likeness (QED) is 0.577. The number of hydrogen-bond acceptors (Lipinski definition) is 1. The van der Waals surface area contributed by atoms with Crippen molar-refractivity contribution in [1.29, 1.82) is 0 Å². The second-order valence-electron chi connectivity index (χ2n) is 1.98. The van der Waals surface area contributed by atoms with Crippen LogP contribution in [0.15, 0.2) is 0 Å². The van der Waals surface area contributed by atoms with E-state index >= 15 is 0 Å². The minimum absolute atomic E-state index is 0.208. The van der Waals surface area contributed by atoms with Gasteiger partial charge in [0.1, 0.15) is 0 Å². The Morgan fingerprint density at radius 2 is 1.73 bits per heavy atom. The maximum absolute atomic E-state index is 10.5. The lowest BCUT2D eigenvalue weighted by atomic mass is 10.1. The van der Waals surface area contributed by atoms with Crippen molar-refractivity contribution in [3.05, 3.63) is 0 Å². The molecule has 1 N–H and O–H groups in total. The molecule has 1 saturated heterocycles. The van der Waals surface area contributed by atoms with E-state index in [1.807, 2.05) is 34.6 Å². The minimum atomic E-state index is 0.208. The van der Waals surface area contributed by atoms with Crippen LogP contribution in [-0.4, -0.2) is 12.5 Å². The fourth-order valence-electron chi connectivity index (χ4n) is 0.717. The largest absolute Gasteiger partial charge is 0.356 e. The highest BCUT2D eigenvalue weighted by molar-refractivity contribution is 5.80. The van der Waals surface area contributed by atoms with Crippen LogP contribution in [0.2, 0.25) is 0 Å². The molecule has 2 heteroatoms. The van der Waals surface area contributed by atoms with Crippen molar-refractivity contribution in [1.82, 2.24) is 5.32 Å². The van der Waals surface area contributed by atoms with Crippen molar-refractivity contribution < 1.29 is 4.79 Å². The molecule has 1 amide bonds.